The molecule has 14 heavy (non-hydrogen) atoms. The van der Waals surface area contributed by atoms with Gasteiger partial charge in [-0.1, -0.05) is 19.1 Å². The fourth-order valence-corrected chi connectivity index (χ4v) is 2.00. The molecule has 1 aliphatic rings. The Balaban J connectivity index is 2.23. The van der Waals surface area contributed by atoms with Gasteiger partial charge < -0.3 is 10.5 Å². The molecule has 2 nitrogen and oxygen atoms in total. The van der Waals surface area contributed by atoms with Gasteiger partial charge >= 0.3 is 0 Å². The van der Waals surface area contributed by atoms with Crippen molar-refractivity contribution in [2.75, 3.05) is 18.9 Å². The van der Waals surface area contributed by atoms with Crippen LogP contribution in [0.25, 0.3) is 0 Å². The molecule has 0 aliphatic carbocycles. The van der Waals surface area contributed by atoms with Gasteiger partial charge in [-0.05, 0) is 36.0 Å². The van der Waals surface area contributed by atoms with Gasteiger partial charge in [-0.25, -0.2) is 0 Å². The Labute approximate surface area is 85.1 Å². The van der Waals surface area contributed by atoms with Gasteiger partial charge in [0.05, 0.1) is 0 Å². The summed E-state index contributed by atoms with van der Waals surface area (Å²) in [4.78, 5) is 0. The molecule has 0 unspecified atom stereocenters. The third-order valence-electron chi connectivity index (χ3n) is 3.20. The van der Waals surface area contributed by atoms with Crippen LogP contribution in [0.1, 0.15) is 25.3 Å². The Hall–Kier alpha value is -1.02. The Morgan fingerprint density at radius 2 is 1.71 bits per heavy atom. The van der Waals surface area contributed by atoms with E-state index in [1.807, 2.05) is 12.1 Å². The van der Waals surface area contributed by atoms with Gasteiger partial charge in [0.2, 0.25) is 0 Å². The predicted octanol–water partition coefficient (Wildman–Crippen LogP) is 2.34. The molecule has 2 N–H and O–H groups in total. The lowest BCUT2D eigenvalue weighted by Gasteiger charge is -2.34. The zero-order valence-corrected chi connectivity index (χ0v) is 8.62. The third-order valence-corrected chi connectivity index (χ3v) is 3.20. The van der Waals surface area contributed by atoms with Crippen molar-refractivity contribution in [1.29, 1.82) is 0 Å². The van der Waals surface area contributed by atoms with Gasteiger partial charge in [-0.3, -0.25) is 0 Å². The molecule has 0 saturated carbocycles. The van der Waals surface area contributed by atoms with Gasteiger partial charge in [0.25, 0.3) is 0 Å². The van der Waals surface area contributed by atoms with Crippen molar-refractivity contribution in [2.45, 2.75) is 25.2 Å². The maximum atomic E-state index is 5.67. The molecule has 2 heteroatoms. The number of benzene rings is 1. The fraction of sp³-hybridized carbons (Fsp3) is 0.500. The van der Waals surface area contributed by atoms with E-state index in [4.69, 9.17) is 10.5 Å². The summed E-state index contributed by atoms with van der Waals surface area (Å²) in [5, 5.41) is 0. The van der Waals surface area contributed by atoms with E-state index in [0.29, 0.717) is 0 Å². The van der Waals surface area contributed by atoms with Crippen molar-refractivity contribution in [3.8, 4) is 0 Å². The van der Waals surface area contributed by atoms with Crippen LogP contribution in [0.3, 0.4) is 0 Å². The van der Waals surface area contributed by atoms with E-state index in [9.17, 15) is 0 Å². The number of ether oxygens (including phenoxy) is 1. The fourth-order valence-electron chi connectivity index (χ4n) is 2.00. The molecule has 1 fully saturated rings. The summed E-state index contributed by atoms with van der Waals surface area (Å²) in [7, 11) is 0. The summed E-state index contributed by atoms with van der Waals surface area (Å²) in [5.41, 5.74) is 8.18. The van der Waals surface area contributed by atoms with Crippen LogP contribution in [-0.2, 0) is 10.2 Å². The maximum absolute atomic E-state index is 5.67. The highest BCUT2D eigenvalue weighted by Crippen LogP contribution is 2.34. The Morgan fingerprint density at radius 3 is 2.29 bits per heavy atom. The third kappa shape index (κ3) is 1.75. The standard InChI is InChI=1S/C12H17NO/c1-12(6-8-14-9-7-12)10-2-4-11(13)5-3-10/h2-5H,6-9,13H2,1H3. The Morgan fingerprint density at radius 1 is 1.14 bits per heavy atom. The molecule has 1 heterocycles. The summed E-state index contributed by atoms with van der Waals surface area (Å²) in [6.45, 7) is 4.06. The minimum absolute atomic E-state index is 0.284. The Kier molecular flexibility index (Phi) is 2.46. The average molecular weight is 191 g/mol. The van der Waals surface area contributed by atoms with Crippen LogP contribution < -0.4 is 5.73 Å². The second-order valence-corrected chi connectivity index (χ2v) is 4.30. The summed E-state index contributed by atoms with van der Waals surface area (Å²) >= 11 is 0. The molecule has 0 atom stereocenters. The van der Waals surface area contributed by atoms with Crippen LogP contribution in [0.5, 0.6) is 0 Å². The quantitative estimate of drug-likeness (QED) is 0.691. The minimum atomic E-state index is 0.284. The molecule has 0 amide bonds. The van der Waals surface area contributed by atoms with Gasteiger partial charge in [0.15, 0.2) is 0 Å². The van der Waals surface area contributed by atoms with Crippen molar-refractivity contribution in [2.24, 2.45) is 0 Å². The molecule has 1 aromatic carbocycles. The zero-order chi connectivity index (χ0) is 10.0. The van der Waals surface area contributed by atoms with E-state index in [-0.39, 0.29) is 5.41 Å². The maximum Gasteiger partial charge on any atom is 0.0474 e. The monoisotopic (exact) mass is 191 g/mol. The van der Waals surface area contributed by atoms with Gasteiger partial charge in [0.1, 0.15) is 0 Å². The first kappa shape index (κ1) is 9.53. The van der Waals surface area contributed by atoms with Gasteiger partial charge in [-0.15, -0.1) is 0 Å². The predicted molar refractivity (Wildman–Crippen MR) is 58.3 cm³/mol. The van der Waals surface area contributed by atoms with Crippen molar-refractivity contribution in [3.05, 3.63) is 29.8 Å². The summed E-state index contributed by atoms with van der Waals surface area (Å²) in [6, 6.07) is 8.24. The molecule has 1 aliphatic heterocycles. The highest BCUT2D eigenvalue weighted by Gasteiger charge is 2.28. The lowest BCUT2D eigenvalue weighted by atomic mass is 9.76. The molecule has 0 radical (unpaired) electrons. The highest BCUT2D eigenvalue weighted by molar-refractivity contribution is 5.41. The van der Waals surface area contributed by atoms with Crippen LogP contribution in [0, 0.1) is 0 Å². The van der Waals surface area contributed by atoms with Crippen LogP contribution in [0.4, 0.5) is 5.69 Å². The SMILES string of the molecule is CC1(c2ccc(N)cc2)CCOCC1. The molecule has 0 aromatic heterocycles. The van der Waals surface area contributed by atoms with E-state index < -0.39 is 0 Å². The van der Waals surface area contributed by atoms with Crippen LogP contribution in [0.2, 0.25) is 0 Å². The first-order valence-corrected chi connectivity index (χ1v) is 5.14. The molecule has 0 bridgehead atoms. The highest BCUT2D eigenvalue weighted by atomic mass is 16.5. The van der Waals surface area contributed by atoms with Crippen molar-refractivity contribution < 1.29 is 4.74 Å². The second-order valence-electron chi connectivity index (χ2n) is 4.30. The minimum Gasteiger partial charge on any atom is -0.399 e. The van der Waals surface area contributed by atoms with E-state index >= 15 is 0 Å². The number of nitrogens with two attached hydrogens (primary N) is 1. The molecular formula is C12H17NO. The number of nitrogen functional groups attached to an aromatic ring is 1. The van der Waals surface area contributed by atoms with Crippen LogP contribution >= 0.6 is 0 Å². The second kappa shape index (κ2) is 3.62. The van der Waals surface area contributed by atoms with E-state index in [1.54, 1.807) is 0 Å². The lowest BCUT2D eigenvalue weighted by molar-refractivity contribution is 0.0564. The molecule has 0 spiro atoms. The van der Waals surface area contributed by atoms with E-state index in [0.717, 1.165) is 31.7 Å². The topological polar surface area (TPSA) is 35.2 Å². The summed E-state index contributed by atoms with van der Waals surface area (Å²) in [6.07, 6.45) is 2.22. The molecule has 1 aromatic rings. The number of hydrogen-bond acceptors (Lipinski definition) is 2. The largest absolute Gasteiger partial charge is 0.399 e. The smallest absolute Gasteiger partial charge is 0.0474 e. The average Bonchev–Trinajstić information content (AvgIpc) is 2.19. The van der Waals surface area contributed by atoms with Crippen molar-refractivity contribution in [3.63, 3.8) is 0 Å². The van der Waals surface area contributed by atoms with E-state index in [1.165, 1.54) is 5.56 Å². The van der Waals surface area contributed by atoms with Gasteiger partial charge in [0, 0.05) is 18.9 Å². The summed E-state index contributed by atoms with van der Waals surface area (Å²) < 4.78 is 5.39. The normalized spacial score (nSPS) is 20.6. The van der Waals surface area contributed by atoms with Crippen LogP contribution in [0.15, 0.2) is 24.3 Å². The molecule has 76 valence electrons. The van der Waals surface area contributed by atoms with Crippen LogP contribution in [-0.4, -0.2) is 13.2 Å². The Bertz CT molecular complexity index is 299. The number of hydrogen-bond donors (Lipinski definition) is 1. The van der Waals surface area contributed by atoms with Crippen molar-refractivity contribution in [1.82, 2.24) is 0 Å². The lowest BCUT2D eigenvalue weighted by Crippen LogP contribution is -2.30. The summed E-state index contributed by atoms with van der Waals surface area (Å²) in [5.74, 6) is 0. The van der Waals surface area contributed by atoms with Gasteiger partial charge in [-0.2, -0.15) is 0 Å². The molecule has 1 saturated heterocycles. The zero-order valence-electron chi connectivity index (χ0n) is 8.62. The van der Waals surface area contributed by atoms with E-state index in [2.05, 4.69) is 19.1 Å². The van der Waals surface area contributed by atoms with Crippen molar-refractivity contribution >= 4 is 5.69 Å². The first-order valence-electron chi connectivity index (χ1n) is 5.14. The first-order chi connectivity index (χ1) is 6.71. The number of anilines is 1. The molecular weight excluding hydrogens is 174 g/mol. The number of rotatable bonds is 1. The molecule has 2 rings (SSSR count).